The van der Waals surface area contributed by atoms with Gasteiger partial charge in [-0.2, -0.15) is 4.39 Å². The third-order valence-corrected chi connectivity index (χ3v) is 6.90. The average Bonchev–Trinajstić information content (AvgIpc) is 3.01. The largest absolute Gasteiger partial charge is 0.325 e. The second kappa shape index (κ2) is 8.34. The van der Waals surface area contributed by atoms with Crippen molar-refractivity contribution in [3.63, 3.8) is 0 Å². The first-order chi connectivity index (χ1) is 15.2. The number of benzene rings is 2. The predicted molar refractivity (Wildman–Crippen MR) is 122 cm³/mol. The lowest BCUT2D eigenvalue weighted by Crippen LogP contribution is -2.64. The van der Waals surface area contributed by atoms with Gasteiger partial charge in [0.15, 0.2) is 0 Å². The summed E-state index contributed by atoms with van der Waals surface area (Å²) in [5.41, 5.74) is 1.05. The van der Waals surface area contributed by atoms with Gasteiger partial charge in [0.1, 0.15) is 12.0 Å². The fourth-order valence-electron chi connectivity index (χ4n) is 5.13. The summed E-state index contributed by atoms with van der Waals surface area (Å²) in [7, 11) is 0. The molecule has 1 saturated heterocycles. The number of nitrogens with one attached hydrogen (secondary N) is 1. The summed E-state index contributed by atoms with van der Waals surface area (Å²) in [6.07, 6.45) is 0.325. The highest BCUT2D eigenvalue weighted by atomic mass is 35.5. The van der Waals surface area contributed by atoms with Gasteiger partial charge < -0.3 is 10.2 Å². The van der Waals surface area contributed by atoms with E-state index in [1.807, 2.05) is 13.0 Å². The van der Waals surface area contributed by atoms with Crippen molar-refractivity contribution in [2.24, 2.45) is 0 Å². The molecule has 4 rings (SSSR count). The number of carbonyl (C=O) groups excluding carboxylic acids is 3. The zero-order chi connectivity index (χ0) is 23.2. The Kier molecular flexibility index (Phi) is 5.86. The Balaban J connectivity index is 2.04. The molecule has 1 N–H and O–H groups in total. The molecule has 2 heterocycles. The first-order valence-electron chi connectivity index (χ1n) is 10.2. The van der Waals surface area contributed by atoms with Crippen LogP contribution in [0.15, 0.2) is 54.6 Å². The lowest BCUT2D eigenvalue weighted by atomic mass is 9.58. The number of piperidine rings is 1. The Morgan fingerprint density at radius 1 is 1.22 bits per heavy atom. The van der Waals surface area contributed by atoms with Crippen molar-refractivity contribution in [2.45, 2.75) is 37.1 Å². The van der Waals surface area contributed by atoms with Crippen LogP contribution in [0.5, 0.6) is 0 Å². The number of hydrogen-bond donors (Lipinski definition) is 1. The van der Waals surface area contributed by atoms with Crippen molar-refractivity contribution in [2.75, 3.05) is 11.9 Å². The molecule has 2 amide bonds. The highest BCUT2D eigenvalue weighted by molar-refractivity contribution is 6.31. The summed E-state index contributed by atoms with van der Waals surface area (Å²) in [5.74, 6) is -1.40. The van der Waals surface area contributed by atoms with Gasteiger partial charge in [-0.15, -0.1) is 0 Å². The van der Waals surface area contributed by atoms with E-state index in [4.69, 9.17) is 23.2 Å². The minimum atomic E-state index is -1.65. The molecule has 2 aromatic carbocycles. The lowest BCUT2D eigenvalue weighted by Gasteiger charge is -2.51. The molecule has 32 heavy (non-hydrogen) atoms. The van der Waals surface area contributed by atoms with Crippen LogP contribution in [0.4, 0.5) is 10.1 Å². The minimum absolute atomic E-state index is 0.101. The fourth-order valence-corrected chi connectivity index (χ4v) is 5.50. The van der Waals surface area contributed by atoms with Gasteiger partial charge in [0.25, 0.3) is 0 Å². The first kappa shape index (κ1) is 22.5. The van der Waals surface area contributed by atoms with Crippen molar-refractivity contribution in [3.8, 4) is 0 Å². The Bertz CT molecular complexity index is 1150. The molecule has 2 aromatic rings. The van der Waals surface area contributed by atoms with Gasteiger partial charge in [-0.3, -0.25) is 14.4 Å². The average molecular weight is 475 g/mol. The molecule has 2 aliphatic heterocycles. The zero-order valence-corrected chi connectivity index (χ0v) is 18.8. The maximum absolute atomic E-state index is 13.8. The number of anilines is 1. The Morgan fingerprint density at radius 3 is 2.59 bits per heavy atom. The van der Waals surface area contributed by atoms with Gasteiger partial charge in [0.05, 0.1) is 6.04 Å². The maximum atomic E-state index is 13.8. The molecule has 166 valence electrons. The van der Waals surface area contributed by atoms with Gasteiger partial charge in [0.2, 0.25) is 11.8 Å². The number of carbonyl (C=O) groups is 3. The molecule has 0 aliphatic carbocycles. The molecule has 5 nitrogen and oxygen atoms in total. The highest BCUT2D eigenvalue weighted by Gasteiger charge is 2.63. The van der Waals surface area contributed by atoms with Crippen LogP contribution in [0.2, 0.25) is 10.0 Å². The Hall–Kier alpha value is -2.70. The first-order valence-corrected chi connectivity index (χ1v) is 11.0. The fraction of sp³-hybridized carbons (Fsp3) is 0.292. The van der Waals surface area contributed by atoms with Gasteiger partial charge in [-0.05, 0) is 41.8 Å². The number of likely N-dealkylation sites (tertiary alicyclic amines) is 1. The molecule has 3 atom stereocenters. The quantitative estimate of drug-likeness (QED) is 0.488. The SMILES string of the molecule is C=C(CC)C1N(CC(=O)F)C(=O)CC(c2cccc(Cl)c2)C12C(=O)Nc1cc(Cl)ccc12. The normalized spacial score (nSPS) is 24.4. The summed E-state index contributed by atoms with van der Waals surface area (Å²) in [6.45, 7) is 5.21. The van der Waals surface area contributed by atoms with E-state index in [0.29, 0.717) is 38.9 Å². The van der Waals surface area contributed by atoms with Crippen molar-refractivity contribution in [1.82, 2.24) is 4.90 Å². The smallest absolute Gasteiger partial charge is 0.320 e. The van der Waals surface area contributed by atoms with Crippen molar-refractivity contribution in [3.05, 3.63) is 75.8 Å². The molecule has 3 unspecified atom stereocenters. The molecule has 0 radical (unpaired) electrons. The number of amides is 2. The lowest BCUT2D eigenvalue weighted by molar-refractivity contribution is -0.149. The summed E-state index contributed by atoms with van der Waals surface area (Å²) >= 11 is 12.4. The minimum Gasteiger partial charge on any atom is -0.325 e. The Labute approximate surface area is 195 Å². The molecule has 1 spiro atoms. The molecular formula is C24H21Cl2FN2O3. The van der Waals surface area contributed by atoms with E-state index in [1.54, 1.807) is 36.4 Å². The molecule has 0 saturated carbocycles. The van der Waals surface area contributed by atoms with Crippen LogP contribution >= 0.6 is 23.2 Å². The standard InChI is InChI=1S/C24H21Cl2FN2O3/c1-3-13(2)22-24(17-8-7-16(26)10-19(17)28-23(24)32)18(14-5-4-6-15(25)9-14)11-21(31)29(22)12-20(27)30/h4-10,18,22H,2-3,11-12H2,1H3,(H,28,32). The monoisotopic (exact) mass is 474 g/mol. The van der Waals surface area contributed by atoms with Crippen molar-refractivity contribution in [1.29, 1.82) is 0 Å². The topological polar surface area (TPSA) is 66.5 Å². The molecule has 8 heteroatoms. The van der Waals surface area contributed by atoms with Crippen LogP contribution in [0.1, 0.15) is 36.8 Å². The van der Waals surface area contributed by atoms with Crippen LogP contribution in [0.3, 0.4) is 0 Å². The van der Waals surface area contributed by atoms with Gasteiger partial charge in [-0.1, -0.05) is 60.5 Å². The summed E-state index contributed by atoms with van der Waals surface area (Å²) < 4.78 is 13.6. The van der Waals surface area contributed by atoms with Gasteiger partial charge in [-0.25, -0.2) is 0 Å². The summed E-state index contributed by atoms with van der Waals surface area (Å²) in [5, 5.41) is 3.80. The second-order valence-corrected chi connectivity index (χ2v) is 8.99. The van der Waals surface area contributed by atoms with E-state index in [-0.39, 0.29) is 12.3 Å². The number of hydrogen-bond acceptors (Lipinski definition) is 3. The molecule has 0 aromatic heterocycles. The van der Waals surface area contributed by atoms with Crippen LogP contribution in [-0.4, -0.2) is 35.3 Å². The van der Waals surface area contributed by atoms with Crippen LogP contribution < -0.4 is 5.32 Å². The number of nitrogens with zero attached hydrogens (tertiary/aromatic N) is 1. The third-order valence-electron chi connectivity index (χ3n) is 6.43. The van der Waals surface area contributed by atoms with Gasteiger partial charge >= 0.3 is 6.04 Å². The number of rotatable bonds is 5. The molecule has 0 bridgehead atoms. The van der Waals surface area contributed by atoms with E-state index < -0.39 is 35.9 Å². The zero-order valence-electron chi connectivity index (χ0n) is 17.3. The van der Waals surface area contributed by atoms with E-state index >= 15 is 0 Å². The highest BCUT2D eigenvalue weighted by Crippen LogP contribution is 2.56. The second-order valence-electron chi connectivity index (χ2n) is 8.12. The van der Waals surface area contributed by atoms with Crippen LogP contribution in [0, 0.1) is 0 Å². The molecular weight excluding hydrogens is 454 g/mol. The number of halogens is 3. The molecule has 1 fully saturated rings. The van der Waals surface area contributed by atoms with Crippen molar-refractivity contribution >= 4 is 46.7 Å². The van der Waals surface area contributed by atoms with Gasteiger partial charge in [0, 0.05) is 28.1 Å². The van der Waals surface area contributed by atoms with E-state index in [9.17, 15) is 18.8 Å². The number of fused-ring (bicyclic) bond motifs is 2. The maximum Gasteiger partial charge on any atom is 0.320 e. The predicted octanol–water partition coefficient (Wildman–Crippen LogP) is 5.03. The van der Waals surface area contributed by atoms with E-state index in [2.05, 4.69) is 11.9 Å². The van der Waals surface area contributed by atoms with E-state index in [1.165, 1.54) is 0 Å². The summed E-state index contributed by atoms with van der Waals surface area (Å²) in [6, 6.07) is 9.48. The Morgan fingerprint density at radius 2 is 1.94 bits per heavy atom. The van der Waals surface area contributed by atoms with Crippen molar-refractivity contribution < 1.29 is 18.8 Å². The van der Waals surface area contributed by atoms with Crippen LogP contribution in [-0.2, 0) is 19.8 Å². The molecule has 2 aliphatic rings. The van der Waals surface area contributed by atoms with Crippen LogP contribution in [0.25, 0.3) is 0 Å². The van der Waals surface area contributed by atoms with E-state index in [0.717, 1.165) is 4.90 Å². The third kappa shape index (κ3) is 3.42. The summed E-state index contributed by atoms with van der Waals surface area (Å²) in [4.78, 5) is 39.6.